The Kier molecular flexibility index (Phi) is 3.94. The molecule has 0 radical (unpaired) electrons. The fraction of sp³-hybridized carbons (Fsp3) is 0. The molecule has 0 unspecified atom stereocenters. The van der Waals surface area contributed by atoms with E-state index in [0.29, 0.717) is 11.5 Å². The number of hydrogen-bond donors (Lipinski definition) is 2. The number of fused-ring (bicyclic) bond motifs is 1. The number of aromatic hydroxyl groups is 1. The Morgan fingerprint density at radius 3 is 2.77 bits per heavy atom. The molecule has 0 aliphatic rings. The van der Waals surface area contributed by atoms with Crippen LogP contribution in [0.15, 0.2) is 60.2 Å². The van der Waals surface area contributed by atoms with Crippen LogP contribution in [0.1, 0.15) is 0 Å². The maximum absolute atomic E-state index is 11.1. The molecule has 2 aromatic heterocycles. The van der Waals surface area contributed by atoms with E-state index >= 15 is 0 Å². The highest BCUT2D eigenvalue weighted by molar-refractivity contribution is 7.17. The second-order valence-corrected chi connectivity index (χ2v) is 6.39. The van der Waals surface area contributed by atoms with Crippen LogP contribution >= 0.6 is 11.3 Å². The molecular weight excluding hydrogens is 352 g/mol. The molecule has 0 aliphatic carbocycles. The van der Waals surface area contributed by atoms with E-state index in [1.165, 1.54) is 29.8 Å². The number of phenols is 1. The molecule has 0 fully saturated rings. The van der Waals surface area contributed by atoms with Crippen molar-refractivity contribution in [2.24, 2.45) is 0 Å². The van der Waals surface area contributed by atoms with Crippen LogP contribution in [-0.4, -0.2) is 20.0 Å². The molecule has 0 atom stereocenters. The smallest absolute Gasteiger partial charge is 0.270 e. The van der Waals surface area contributed by atoms with Crippen LogP contribution in [0, 0.1) is 10.1 Å². The van der Waals surface area contributed by atoms with Gasteiger partial charge in [0, 0.05) is 34.8 Å². The summed E-state index contributed by atoms with van der Waals surface area (Å²) < 4.78 is 0. The average molecular weight is 364 g/mol. The highest BCUT2D eigenvalue weighted by atomic mass is 32.1. The second kappa shape index (κ2) is 6.41. The summed E-state index contributed by atoms with van der Waals surface area (Å²) in [7, 11) is 0. The van der Waals surface area contributed by atoms with Crippen molar-refractivity contribution in [3.05, 3.63) is 70.4 Å². The Bertz CT molecular complexity index is 1130. The maximum atomic E-state index is 11.1. The minimum Gasteiger partial charge on any atom is -0.508 e. The SMILES string of the molecule is O=[N+]([O-])c1cccc(-c2csc3ncnc(Nc4cccc(O)c4)c23)c1. The van der Waals surface area contributed by atoms with Crippen molar-refractivity contribution in [3.8, 4) is 16.9 Å². The number of non-ortho nitro benzene ring substituents is 1. The van der Waals surface area contributed by atoms with Crippen molar-refractivity contribution < 1.29 is 10.0 Å². The van der Waals surface area contributed by atoms with E-state index in [1.54, 1.807) is 24.3 Å². The highest BCUT2D eigenvalue weighted by Gasteiger charge is 2.15. The molecular formula is C18H12N4O3S. The molecule has 0 aliphatic heterocycles. The van der Waals surface area contributed by atoms with Crippen LogP contribution < -0.4 is 5.32 Å². The zero-order valence-electron chi connectivity index (χ0n) is 13.3. The molecule has 0 amide bonds. The van der Waals surface area contributed by atoms with E-state index < -0.39 is 4.92 Å². The number of aromatic nitrogens is 2. The lowest BCUT2D eigenvalue weighted by atomic mass is 10.1. The number of phenolic OH excluding ortho intramolecular Hbond substituents is 1. The molecule has 4 aromatic rings. The van der Waals surface area contributed by atoms with E-state index in [-0.39, 0.29) is 11.4 Å². The van der Waals surface area contributed by atoms with Crippen LogP contribution in [0.2, 0.25) is 0 Å². The van der Waals surface area contributed by atoms with Gasteiger partial charge in [0.2, 0.25) is 0 Å². The molecule has 128 valence electrons. The van der Waals surface area contributed by atoms with Crippen molar-refractivity contribution in [3.63, 3.8) is 0 Å². The van der Waals surface area contributed by atoms with Gasteiger partial charge in [0.05, 0.1) is 10.3 Å². The topological polar surface area (TPSA) is 101 Å². The third-order valence-corrected chi connectivity index (χ3v) is 4.73. The number of nitrogens with one attached hydrogen (secondary N) is 1. The van der Waals surface area contributed by atoms with E-state index in [4.69, 9.17) is 0 Å². The quantitative estimate of drug-likeness (QED) is 0.401. The molecule has 0 spiro atoms. The zero-order chi connectivity index (χ0) is 18.1. The number of nitro benzene ring substituents is 1. The molecule has 2 N–H and O–H groups in total. The Balaban J connectivity index is 1.85. The lowest BCUT2D eigenvalue weighted by Crippen LogP contribution is -1.95. The predicted molar refractivity (Wildman–Crippen MR) is 101 cm³/mol. The van der Waals surface area contributed by atoms with Gasteiger partial charge >= 0.3 is 0 Å². The van der Waals surface area contributed by atoms with E-state index in [0.717, 1.165) is 21.3 Å². The predicted octanol–water partition coefficient (Wildman–Crippen LogP) is 4.72. The summed E-state index contributed by atoms with van der Waals surface area (Å²) in [5.74, 6) is 0.716. The van der Waals surface area contributed by atoms with Crippen LogP contribution in [0.4, 0.5) is 17.2 Å². The van der Waals surface area contributed by atoms with Crippen molar-refractivity contribution in [2.45, 2.75) is 0 Å². The average Bonchev–Trinajstić information content (AvgIpc) is 3.07. The Morgan fingerprint density at radius 1 is 1.12 bits per heavy atom. The van der Waals surface area contributed by atoms with Crippen molar-refractivity contribution >= 4 is 38.7 Å². The van der Waals surface area contributed by atoms with Crippen molar-refractivity contribution in [1.82, 2.24) is 9.97 Å². The minimum atomic E-state index is -0.416. The third-order valence-electron chi connectivity index (χ3n) is 3.85. The van der Waals surface area contributed by atoms with E-state index in [1.807, 2.05) is 17.5 Å². The molecule has 2 heterocycles. The Hall–Kier alpha value is -3.52. The van der Waals surface area contributed by atoms with Crippen LogP contribution in [0.3, 0.4) is 0 Å². The normalized spacial score (nSPS) is 10.8. The van der Waals surface area contributed by atoms with Crippen LogP contribution in [0.5, 0.6) is 5.75 Å². The lowest BCUT2D eigenvalue weighted by molar-refractivity contribution is -0.384. The van der Waals surface area contributed by atoms with Gasteiger partial charge in [-0.2, -0.15) is 0 Å². The van der Waals surface area contributed by atoms with Gasteiger partial charge < -0.3 is 10.4 Å². The van der Waals surface area contributed by atoms with Gasteiger partial charge in [-0.3, -0.25) is 10.1 Å². The first-order valence-electron chi connectivity index (χ1n) is 7.65. The molecule has 0 bridgehead atoms. The van der Waals surface area contributed by atoms with E-state index in [2.05, 4.69) is 15.3 Å². The Labute approximate surface area is 151 Å². The lowest BCUT2D eigenvalue weighted by Gasteiger charge is -2.08. The largest absolute Gasteiger partial charge is 0.508 e. The van der Waals surface area contributed by atoms with Crippen LogP contribution in [-0.2, 0) is 0 Å². The summed E-state index contributed by atoms with van der Waals surface area (Å²) in [5, 5.41) is 26.6. The maximum Gasteiger partial charge on any atom is 0.270 e. The number of rotatable bonds is 4. The number of thiophene rings is 1. The number of anilines is 2. The van der Waals surface area contributed by atoms with Gasteiger partial charge in [0.15, 0.2) is 0 Å². The highest BCUT2D eigenvalue weighted by Crippen LogP contribution is 2.38. The number of nitrogens with zero attached hydrogens (tertiary/aromatic N) is 3. The Morgan fingerprint density at radius 2 is 1.96 bits per heavy atom. The summed E-state index contributed by atoms with van der Waals surface area (Å²) in [6, 6.07) is 13.2. The third kappa shape index (κ3) is 2.93. The monoisotopic (exact) mass is 364 g/mol. The van der Waals surface area contributed by atoms with E-state index in [9.17, 15) is 15.2 Å². The minimum absolute atomic E-state index is 0.0289. The molecule has 4 rings (SSSR count). The first-order valence-corrected chi connectivity index (χ1v) is 8.53. The molecule has 26 heavy (non-hydrogen) atoms. The van der Waals surface area contributed by atoms with Crippen molar-refractivity contribution in [1.29, 1.82) is 0 Å². The summed E-state index contributed by atoms with van der Waals surface area (Å²) >= 11 is 1.44. The fourth-order valence-electron chi connectivity index (χ4n) is 2.69. The first-order chi connectivity index (χ1) is 12.6. The first kappa shape index (κ1) is 16.0. The van der Waals surface area contributed by atoms with Gasteiger partial charge in [-0.15, -0.1) is 11.3 Å². The molecule has 2 aromatic carbocycles. The number of benzene rings is 2. The zero-order valence-corrected chi connectivity index (χ0v) is 14.1. The summed E-state index contributed by atoms with van der Waals surface area (Å²) in [4.78, 5) is 20.0. The molecule has 8 heteroatoms. The number of nitro groups is 1. The van der Waals surface area contributed by atoms with Gasteiger partial charge in [0.1, 0.15) is 22.7 Å². The molecule has 0 saturated carbocycles. The summed E-state index contributed by atoms with van der Waals surface area (Å²) in [6.45, 7) is 0. The summed E-state index contributed by atoms with van der Waals surface area (Å²) in [5.41, 5.74) is 2.25. The van der Waals surface area contributed by atoms with Crippen LogP contribution in [0.25, 0.3) is 21.3 Å². The van der Waals surface area contributed by atoms with Gasteiger partial charge in [0.25, 0.3) is 5.69 Å². The molecule has 7 nitrogen and oxygen atoms in total. The van der Waals surface area contributed by atoms with Gasteiger partial charge in [-0.1, -0.05) is 18.2 Å². The van der Waals surface area contributed by atoms with Gasteiger partial charge in [-0.25, -0.2) is 9.97 Å². The molecule has 0 saturated heterocycles. The van der Waals surface area contributed by atoms with Crippen molar-refractivity contribution in [2.75, 3.05) is 5.32 Å². The standard InChI is InChI=1S/C18H12N4O3S/c23-14-6-2-4-12(8-14)21-17-16-15(9-26-18(16)20-10-19-17)11-3-1-5-13(7-11)22(24)25/h1-10,23H,(H,19,20,21). The fourth-order valence-corrected chi connectivity index (χ4v) is 3.61. The number of hydrogen-bond acceptors (Lipinski definition) is 7. The van der Waals surface area contributed by atoms with Gasteiger partial charge in [-0.05, 0) is 17.7 Å². The summed E-state index contributed by atoms with van der Waals surface area (Å²) in [6.07, 6.45) is 1.46. The second-order valence-electron chi connectivity index (χ2n) is 5.53.